The first-order valence-electron chi connectivity index (χ1n) is 10.1. The standard InChI is InChI=1S/C24H23N3O3/c1-29-19-10-8-17(9-11-19)20-15-22(23-7-4-14-30-23)27(25-20)24(28)16-26-13-12-18-5-2-3-6-21(18)26/h2-11,14,22H,12-13,15-16H2,1H3. The molecule has 6 nitrogen and oxygen atoms in total. The van der Waals surface area contributed by atoms with Gasteiger partial charge >= 0.3 is 0 Å². The lowest BCUT2D eigenvalue weighted by Gasteiger charge is -2.24. The highest BCUT2D eigenvalue weighted by molar-refractivity contribution is 6.03. The Morgan fingerprint density at radius 3 is 2.73 bits per heavy atom. The highest BCUT2D eigenvalue weighted by Gasteiger charge is 2.36. The second-order valence-electron chi connectivity index (χ2n) is 7.55. The molecular formula is C24H23N3O3. The molecule has 1 amide bonds. The Labute approximate surface area is 175 Å². The van der Waals surface area contributed by atoms with Gasteiger partial charge in [-0.05, 0) is 60.0 Å². The van der Waals surface area contributed by atoms with Crippen molar-refractivity contribution in [3.05, 3.63) is 83.8 Å². The molecule has 2 aliphatic rings. The van der Waals surface area contributed by atoms with Gasteiger partial charge in [0.2, 0.25) is 0 Å². The number of hydrogen-bond acceptors (Lipinski definition) is 5. The minimum atomic E-state index is -0.234. The number of furan rings is 1. The van der Waals surface area contributed by atoms with E-state index in [0.29, 0.717) is 13.0 Å². The van der Waals surface area contributed by atoms with Crippen LogP contribution < -0.4 is 9.64 Å². The summed E-state index contributed by atoms with van der Waals surface area (Å²) < 4.78 is 10.9. The van der Waals surface area contributed by atoms with Crippen LogP contribution in [-0.2, 0) is 11.2 Å². The van der Waals surface area contributed by atoms with Crippen LogP contribution in [0.2, 0.25) is 0 Å². The molecule has 0 aliphatic carbocycles. The van der Waals surface area contributed by atoms with Crippen LogP contribution in [0.15, 0.2) is 76.4 Å². The molecule has 3 aromatic rings. The van der Waals surface area contributed by atoms with Gasteiger partial charge in [-0.3, -0.25) is 4.79 Å². The van der Waals surface area contributed by atoms with Gasteiger partial charge in [-0.2, -0.15) is 5.10 Å². The van der Waals surface area contributed by atoms with Crippen molar-refractivity contribution in [3.8, 4) is 5.75 Å². The minimum absolute atomic E-state index is 0.0309. The van der Waals surface area contributed by atoms with Gasteiger partial charge < -0.3 is 14.1 Å². The lowest BCUT2D eigenvalue weighted by molar-refractivity contribution is -0.131. The van der Waals surface area contributed by atoms with E-state index in [2.05, 4.69) is 17.0 Å². The maximum atomic E-state index is 13.3. The molecule has 152 valence electrons. The maximum Gasteiger partial charge on any atom is 0.262 e. The van der Waals surface area contributed by atoms with E-state index in [-0.39, 0.29) is 11.9 Å². The number of para-hydroxylation sites is 1. The van der Waals surface area contributed by atoms with Crippen LogP contribution in [0.3, 0.4) is 0 Å². The summed E-state index contributed by atoms with van der Waals surface area (Å²) in [7, 11) is 1.64. The summed E-state index contributed by atoms with van der Waals surface area (Å²) in [5, 5.41) is 6.32. The smallest absolute Gasteiger partial charge is 0.262 e. The molecule has 1 atom stereocenters. The molecule has 0 bridgehead atoms. The van der Waals surface area contributed by atoms with Gasteiger partial charge in [-0.1, -0.05) is 18.2 Å². The first kappa shape index (κ1) is 18.5. The van der Waals surface area contributed by atoms with Crippen molar-refractivity contribution in [2.24, 2.45) is 5.10 Å². The van der Waals surface area contributed by atoms with E-state index in [4.69, 9.17) is 14.3 Å². The largest absolute Gasteiger partial charge is 0.497 e. The van der Waals surface area contributed by atoms with Gasteiger partial charge in [0.25, 0.3) is 5.91 Å². The molecule has 0 fully saturated rings. The molecule has 0 spiro atoms. The Hall–Kier alpha value is -3.54. The Kier molecular flexibility index (Phi) is 4.75. The third-order valence-electron chi connectivity index (χ3n) is 5.77. The molecule has 1 aromatic heterocycles. The second kappa shape index (κ2) is 7.71. The van der Waals surface area contributed by atoms with Crippen molar-refractivity contribution in [1.29, 1.82) is 0 Å². The third-order valence-corrected chi connectivity index (χ3v) is 5.77. The number of amides is 1. The molecule has 2 aliphatic heterocycles. The third kappa shape index (κ3) is 3.34. The van der Waals surface area contributed by atoms with E-state index in [0.717, 1.165) is 41.4 Å². The summed E-state index contributed by atoms with van der Waals surface area (Å²) in [5.41, 5.74) is 4.28. The average molecular weight is 401 g/mol. The fourth-order valence-electron chi connectivity index (χ4n) is 4.21. The Bertz CT molecular complexity index is 1070. The number of ether oxygens (including phenoxy) is 1. The van der Waals surface area contributed by atoms with Gasteiger partial charge in [0.15, 0.2) is 0 Å². The number of carbonyl (C=O) groups excluding carboxylic acids is 1. The topological polar surface area (TPSA) is 58.3 Å². The zero-order chi connectivity index (χ0) is 20.5. The zero-order valence-electron chi connectivity index (χ0n) is 16.8. The highest BCUT2D eigenvalue weighted by Crippen LogP contribution is 2.34. The monoisotopic (exact) mass is 401 g/mol. The molecular weight excluding hydrogens is 378 g/mol. The molecule has 0 saturated heterocycles. The number of anilines is 1. The summed E-state index contributed by atoms with van der Waals surface area (Å²) in [6, 6.07) is 19.5. The van der Waals surface area contributed by atoms with Crippen LogP contribution in [0, 0.1) is 0 Å². The van der Waals surface area contributed by atoms with Crippen molar-refractivity contribution in [1.82, 2.24) is 5.01 Å². The number of nitrogens with zero attached hydrogens (tertiary/aromatic N) is 3. The van der Waals surface area contributed by atoms with Gasteiger partial charge in [0.1, 0.15) is 17.6 Å². The predicted molar refractivity (Wildman–Crippen MR) is 115 cm³/mol. The summed E-state index contributed by atoms with van der Waals surface area (Å²) in [6.07, 6.45) is 3.22. The van der Waals surface area contributed by atoms with Gasteiger partial charge in [-0.15, -0.1) is 0 Å². The van der Waals surface area contributed by atoms with Crippen LogP contribution in [0.4, 0.5) is 5.69 Å². The number of hydrogen-bond donors (Lipinski definition) is 0. The van der Waals surface area contributed by atoms with E-state index in [1.807, 2.05) is 48.5 Å². The maximum absolute atomic E-state index is 13.3. The van der Waals surface area contributed by atoms with Crippen molar-refractivity contribution >= 4 is 17.3 Å². The highest BCUT2D eigenvalue weighted by atomic mass is 16.5. The van der Waals surface area contributed by atoms with Crippen molar-refractivity contribution < 1.29 is 13.9 Å². The predicted octanol–water partition coefficient (Wildman–Crippen LogP) is 4.03. The first-order chi connectivity index (χ1) is 14.7. The van der Waals surface area contributed by atoms with Gasteiger partial charge in [-0.25, -0.2) is 5.01 Å². The summed E-state index contributed by atoms with van der Waals surface area (Å²) >= 11 is 0. The summed E-state index contributed by atoms with van der Waals surface area (Å²) in [6.45, 7) is 1.15. The van der Waals surface area contributed by atoms with Crippen molar-refractivity contribution in [3.63, 3.8) is 0 Å². The van der Waals surface area contributed by atoms with Crippen LogP contribution in [-0.4, -0.2) is 36.8 Å². The zero-order valence-corrected chi connectivity index (χ0v) is 16.8. The van der Waals surface area contributed by atoms with Crippen molar-refractivity contribution in [2.75, 3.05) is 25.1 Å². The Balaban J connectivity index is 1.41. The molecule has 6 heteroatoms. The number of hydrazone groups is 1. The number of rotatable bonds is 5. The number of fused-ring (bicyclic) bond motifs is 1. The van der Waals surface area contributed by atoms with E-state index in [1.165, 1.54) is 5.56 Å². The summed E-state index contributed by atoms with van der Waals surface area (Å²) in [4.78, 5) is 15.4. The quantitative estimate of drug-likeness (QED) is 0.648. The minimum Gasteiger partial charge on any atom is -0.497 e. The normalized spacial score (nSPS) is 17.8. The number of carbonyl (C=O) groups is 1. The molecule has 0 radical (unpaired) electrons. The Morgan fingerprint density at radius 2 is 1.97 bits per heavy atom. The Morgan fingerprint density at radius 1 is 1.13 bits per heavy atom. The molecule has 3 heterocycles. The van der Waals surface area contributed by atoms with Crippen LogP contribution >= 0.6 is 0 Å². The van der Waals surface area contributed by atoms with Crippen LogP contribution in [0.1, 0.15) is 29.3 Å². The van der Waals surface area contributed by atoms with E-state index in [1.54, 1.807) is 18.4 Å². The van der Waals surface area contributed by atoms with E-state index < -0.39 is 0 Å². The second-order valence-corrected chi connectivity index (χ2v) is 7.55. The number of benzene rings is 2. The van der Waals surface area contributed by atoms with Crippen LogP contribution in [0.25, 0.3) is 0 Å². The average Bonchev–Trinajstić information content (AvgIpc) is 3.53. The lowest BCUT2D eigenvalue weighted by atomic mass is 10.0. The molecule has 5 rings (SSSR count). The fraction of sp³-hybridized carbons (Fsp3) is 0.250. The molecule has 0 saturated carbocycles. The lowest BCUT2D eigenvalue weighted by Crippen LogP contribution is -2.37. The van der Waals surface area contributed by atoms with Crippen molar-refractivity contribution in [2.45, 2.75) is 18.9 Å². The first-order valence-corrected chi connectivity index (χ1v) is 10.1. The molecule has 0 N–H and O–H groups in total. The van der Waals surface area contributed by atoms with E-state index in [9.17, 15) is 4.79 Å². The van der Waals surface area contributed by atoms with Gasteiger partial charge in [0, 0.05) is 18.7 Å². The van der Waals surface area contributed by atoms with Gasteiger partial charge in [0.05, 0.1) is 25.6 Å². The molecule has 1 unspecified atom stereocenters. The van der Waals surface area contributed by atoms with E-state index >= 15 is 0 Å². The molecule has 30 heavy (non-hydrogen) atoms. The fourth-order valence-corrected chi connectivity index (χ4v) is 4.21. The molecule has 2 aromatic carbocycles. The SMILES string of the molecule is COc1ccc(C2=NN(C(=O)CN3CCc4ccccc43)C(c3ccco3)C2)cc1. The van der Waals surface area contributed by atoms with Crippen LogP contribution in [0.5, 0.6) is 5.75 Å². The number of methoxy groups -OCH3 is 1. The summed E-state index contributed by atoms with van der Waals surface area (Å²) in [5.74, 6) is 1.51.